The minimum absolute atomic E-state index is 0.828. The molecule has 0 fully saturated rings. The Kier molecular flexibility index (Phi) is 4.41. The number of nitrogens with zero attached hydrogens (tertiary/aromatic N) is 2. The van der Waals surface area contributed by atoms with Crippen LogP contribution in [0.4, 0.5) is 0 Å². The molecule has 3 aromatic carbocycles. The number of aryl methyl sites for hydroxylation is 1. The van der Waals surface area contributed by atoms with Gasteiger partial charge in [0.1, 0.15) is 5.82 Å². The molecule has 0 saturated carbocycles. The van der Waals surface area contributed by atoms with E-state index in [9.17, 15) is 0 Å². The van der Waals surface area contributed by atoms with Crippen LogP contribution in [-0.2, 0) is 13.0 Å². The fourth-order valence-corrected chi connectivity index (χ4v) is 3.45. The summed E-state index contributed by atoms with van der Waals surface area (Å²) in [5.41, 5.74) is 6.16. The van der Waals surface area contributed by atoms with Crippen molar-refractivity contribution in [1.82, 2.24) is 9.55 Å². The molecule has 0 atom stereocenters. The van der Waals surface area contributed by atoms with E-state index in [1.807, 2.05) is 0 Å². The molecule has 1 heterocycles. The zero-order valence-electron chi connectivity index (χ0n) is 14.1. The highest BCUT2D eigenvalue weighted by Crippen LogP contribution is 2.22. The van der Waals surface area contributed by atoms with Gasteiger partial charge in [-0.3, -0.25) is 0 Å². The van der Waals surface area contributed by atoms with Gasteiger partial charge in [0.05, 0.1) is 11.0 Å². The van der Waals surface area contributed by atoms with Gasteiger partial charge < -0.3 is 4.57 Å². The van der Waals surface area contributed by atoms with Crippen LogP contribution in [0.25, 0.3) is 11.0 Å². The Balaban J connectivity index is 1.78. The summed E-state index contributed by atoms with van der Waals surface area (Å²) in [6, 6.07) is 25.4. The van der Waals surface area contributed by atoms with Crippen molar-refractivity contribution in [3.05, 3.63) is 99.8 Å². The number of hydrogen-bond acceptors (Lipinski definition) is 1. The lowest BCUT2D eigenvalue weighted by Crippen LogP contribution is -2.06. The molecule has 0 spiro atoms. The molecule has 1 aromatic heterocycles. The zero-order chi connectivity index (χ0) is 17.2. The van der Waals surface area contributed by atoms with E-state index in [1.54, 1.807) is 0 Å². The number of hydrogen-bond donors (Lipinski definition) is 0. The lowest BCUT2D eigenvalue weighted by atomic mass is 10.1. The second kappa shape index (κ2) is 6.85. The van der Waals surface area contributed by atoms with Gasteiger partial charge in [-0.15, -0.1) is 0 Å². The Morgan fingerprint density at radius 3 is 2.40 bits per heavy atom. The summed E-state index contributed by atoms with van der Waals surface area (Å²) in [6.07, 6.45) is 0.845. The van der Waals surface area contributed by atoms with Crippen LogP contribution < -0.4 is 0 Å². The van der Waals surface area contributed by atoms with Crippen LogP contribution in [0.3, 0.4) is 0 Å². The standard InChI is InChI=1S/C22H19BrN2/c1-16-6-2-3-7-18(16)14-22-24-20-8-4-5-9-21(20)25(22)15-17-10-12-19(23)13-11-17/h2-13H,14-15H2,1H3. The highest BCUT2D eigenvalue weighted by Gasteiger charge is 2.12. The van der Waals surface area contributed by atoms with Gasteiger partial charge in [-0.2, -0.15) is 0 Å². The molecule has 0 aliphatic carbocycles. The van der Waals surface area contributed by atoms with Gasteiger partial charge in [0.25, 0.3) is 0 Å². The van der Waals surface area contributed by atoms with Crippen LogP contribution in [0.2, 0.25) is 0 Å². The zero-order valence-corrected chi connectivity index (χ0v) is 15.7. The SMILES string of the molecule is Cc1ccccc1Cc1nc2ccccc2n1Cc1ccc(Br)cc1. The predicted octanol–water partition coefficient (Wildman–Crippen LogP) is 5.75. The number of fused-ring (bicyclic) bond motifs is 1. The topological polar surface area (TPSA) is 17.8 Å². The third-order valence-corrected chi connectivity index (χ3v) is 5.13. The first kappa shape index (κ1) is 16.1. The van der Waals surface area contributed by atoms with E-state index in [4.69, 9.17) is 4.98 Å². The Morgan fingerprint density at radius 1 is 0.880 bits per heavy atom. The molecule has 0 amide bonds. The second-order valence-electron chi connectivity index (χ2n) is 6.33. The largest absolute Gasteiger partial charge is 0.323 e. The Labute approximate surface area is 156 Å². The van der Waals surface area contributed by atoms with E-state index >= 15 is 0 Å². The maximum Gasteiger partial charge on any atom is 0.114 e. The van der Waals surface area contributed by atoms with Gasteiger partial charge in [0.2, 0.25) is 0 Å². The van der Waals surface area contributed by atoms with Gasteiger partial charge in [-0.1, -0.05) is 64.5 Å². The lowest BCUT2D eigenvalue weighted by molar-refractivity contribution is 0.761. The average Bonchev–Trinajstić information content (AvgIpc) is 2.96. The summed E-state index contributed by atoms with van der Waals surface area (Å²) in [5.74, 6) is 1.11. The second-order valence-corrected chi connectivity index (χ2v) is 7.25. The van der Waals surface area contributed by atoms with Gasteiger partial charge in [-0.05, 0) is 47.9 Å². The van der Waals surface area contributed by atoms with Gasteiger partial charge in [-0.25, -0.2) is 4.98 Å². The van der Waals surface area contributed by atoms with Gasteiger partial charge in [0.15, 0.2) is 0 Å². The van der Waals surface area contributed by atoms with Crippen LogP contribution in [0.15, 0.2) is 77.3 Å². The summed E-state index contributed by atoms with van der Waals surface area (Å²) < 4.78 is 3.44. The van der Waals surface area contributed by atoms with Crippen molar-refractivity contribution in [3.63, 3.8) is 0 Å². The number of para-hydroxylation sites is 2. The number of benzene rings is 3. The van der Waals surface area contributed by atoms with Gasteiger partial charge in [0, 0.05) is 17.4 Å². The first-order valence-electron chi connectivity index (χ1n) is 8.44. The highest BCUT2D eigenvalue weighted by molar-refractivity contribution is 9.10. The van der Waals surface area contributed by atoms with E-state index in [1.165, 1.54) is 22.2 Å². The Hall–Kier alpha value is -2.39. The van der Waals surface area contributed by atoms with Crippen LogP contribution in [0.5, 0.6) is 0 Å². The first-order valence-corrected chi connectivity index (χ1v) is 9.23. The number of aromatic nitrogens is 2. The molecule has 0 aliphatic rings. The number of imidazole rings is 1. The fourth-order valence-electron chi connectivity index (χ4n) is 3.19. The molecule has 4 rings (SSSR count). The summed E-state index contributed by atoms with van der Waals surface area (Å²) in [7, 11) is 0. The van der Waals surface area contributed by atoms with Crippen LogP contribution >= 0.6 is 15.9 Å². The molecular formula is C22H19BrN2. The van der Waals surface area contributed by atoms with E-state index < -0.39 is 0 Å². The average molecular weight is 391 g/mol. The molecule has 0 bridgehead atoms. The summed E-state index contributed by atoms with van der Waals surface area (Å²) >= 11 is 3.51. The monoisotopic (exact) mass is 390 g/mol. The third-order valence-electron chi connectivity index (χ3n) is 4.60. The predicted molar refractivity (Wildman–Crippen MR) is 107 cm³/mol. The summed E-state index contributed by atoms with van der Waals surface area (Å²) in [4.78, 5) is 4.92. The van der Waals surface area contributed by atoms with E-state index in [0.29, 0.717) is 0 Å². The van der Waals surface area contributed by atoms with E-state index in [2.05, 4.69) is 100 Å². The summed E-state index contributed by atoms with van der Waals surface area (Å²) in [5, 5.41) is 0. The third kappa shape index (κ3) is 3.38. The van der Waals surface area contributed by atoms with Crippen molar-refractivity contribution >= 4 is 27.0 Å². The molecule has 0 aliphatic heterocycles. The fraction of sp³-hybridized carbons (Fsp3) is 0.136. The molecule has 124 valence electrons. The molecule has 0 saturated heterocycles. The van der Waals surface area contributed by atoms with Crippen LogP contribution in [0, 0.1) is 6.92 Å². The smallest absolute Gasteiger partial charge is 0.114 e. The van der Waals surface area contributed by atoms with Crippen molar-refractivity contribution in [2.75, 3.05) is 0 Å². The highest BCUT2D eigenvalue weighted by atomic mass is 79.9. The minimum atomic E-state index is 0.828. The molecule has 0 unspecified atom stereocenters. The minimum Gasteiger partial charge on any atom is -0.323 e. The van der Waals surface area contributed by atoms with Crippen molar-refractivity contribution in [3.8, 4) is 0 Å². The summed E-state index contributed by atoms with van der Waals surface area (Å²) in [6.45, 7) is 2.99. The molecule has 4 aromatic rings. The van der Waals surface area contributed by atoms with Crippen LogP contribution in [0.1, 0.15) is 22.5 Å². The first-order chi connectivity index (χ1) is 12.2. The molecule has 0 N–H and O–H groups in total. The molecule has 25 heavy (non-hydrogen) atoms. The number of halogens is 1. The number of rotatable bonds is 4. The maximum absolute atomic E-state index is 4.92. The Morgan fingerprint density at radius 2 is 1.60 bits per heavy atom. The molecule has 3 heteroatoms. The molecule has 0 radical (unpaired) electrons. The normalized spacial score (nSPS) is 11.1. The van der Waals surface area contributed by atoms with E-state index in [0.717, 1.165) is 28.8 Å². The van der Waals surface area contributed by atoms with Crippen molar-refractivity contribution in [1.29, 1.82) is 0 Å². The maximum atomic E-state index is 4.92. The quantitative estimate of drug-likeness (QED) is 0.433. The molecular weight excluding hydrogens is 372 g/mol. The van der Waals surface area contributed by atoms with Crippen molar-refractivity contribution in [2.45, 2.75) is 19.9 Å². The van der Waals surface area contributed by atoms with Crippen LogP contribution in [-0.4, -0.2) is 9.55 Å². The van der Waals surface area contributed by atoms with Gasteiger partial charge >= 0.3 is 0 Å². The lowest BCUT2D eigenvalue weighted by Gasteiger charge is -2.11. The van der Waals surface area contributed by atoms with E-state index in [-0.39, 0.29) is 0 Å². The Bertz CT molecular complexity index is 1020. The van der Waals surface area contributed by atoms with Crippen molar-refractivity contribution in [2.24, 2.45) is 0 Å². The van der Waals surface area contributed by atoms with Crippen molar-refractivity contribution < 1.29 is 0 Å². The molecule has 2 nitrogen and oxygen atoms in total.